The maximum atomic E-state index is 12.8. The monoisotopic (exact) mass is 1030 g/mol. The molecule has 418 valence electrons. The normalized spacial score (nSPS) is 13.8. The molecule has 0 N–H and O–H groups in total. The molecule has 2 unspecified atom stereocenters. The van der Waals surface area contributed by atoms with Gasteiger partial charge in [-0.25, -0.2) is 0 Å². The molecule has 0 aliphatic heterocycles. The van der Waals surface area contributed by atoms with Crippen LogP contribution >= 0.6 is 7.82 Å². The maximum Gasteiger partial charge on any atom is 0.306 e. The van der Waals surface area contributed by atoms with Gasteiger partial charge in [-0.3, -0.25) is 14.2 Å². The first-order chi connectivity index (χ1) is 35.0. The molecule has 9 nitrogen and oxygen atoms in total. The molecule has 72 heavy (non-hydrogen) atoms. The quantitative estimate of drug-likeness (QED) is 0.0195. The van der Waals surface area contributed by atoms with Crippen molar-refractivity contribution in [3.8, 4) is 0 Å². The van der Waals surface area contributed by atoms with Crippen LogP contribution in [0.15, 0.2) is 72.9 Å². The van der Waals surface area contributed by atoms with Crippen LogP contribution in [-0.2, 0) is 32.7 Å². The molecule has 2 atom stereocenters. The molecule has 0 spiro atoms. The molecule has 0 saturated carbocycles. The number of rotatable bonds is 54. The van der Waals surface area contributed by atoms with E-state index < -0.39 is 26.5 Å². The molecule has 0 amide bonds. The number of esters is 2. The van der Waals surface area contributed by atoms with Crippen molar-refractivity contribution in [1.82, 2.24) is 0 Å². The van der Waals surface area contributed by atoms with Gasteiger partial charge >= 0.3 is 11.9 Å². The molecule has 0 aliphatic rings. The van der Waals surface area contributed by atoms with Crippen LogP contribution in [0.3, 0.4) is 0 Å². The Kier molecular flexibility index (Phi) is 51.4. The van der Waals surface area contributed by atoms with Crippen molar-refractivity contribution in [3.63, 3.8) is 0 Å². The summed E-state index contributed by atoms with van der Waals surface area (Å²) in [5.41, 5.74) is 0. The maximum absolute atomic E-state index is 12.8. The highest BCUT2D eigenvalue weighted by Gasteiger charge is 2.22. The average Bonchev–Trinajstić information content (AvgIpc) is 3.34. The van der Waals surface area contributed by atoms with E-state index in [2.05, 4.69) is 86.8 Å². The van der Waals surface area contributed by atoms with E-state index in [1.165, 1.54) is 141 Å². The van der Waals surface area contributed by atoms with Crippen molar-refractivity contribution >= 4 is 19.8 Å². The van der Waals surface area contributed by atoms with E-state index in [0.717, 1.165) is 83.5 Å². The second-order valence-corrected chi connectivity index (χ2v) is 22.4. The van der Waals surface area contributed by atoms with Crippen molar-refractivity contribution in [2.75, 3.05) is 47.5 Å². The van der Waals surface area contributed by atoms with Gasteiger partial charge < -0.3 is 27.9 Å². The van der Waals surface area contributed by atoms with Gasteiger partial charge in [0.2, 0.25) is 0 Å². The molecule has 0 rings (SSSR count). The lowest BCUT2D eigenvalue weighted by atomic mass is 10.0. The van der Waals surface area contributed by atoms with Crippen LogP contribution in [0.4, 0.5) is 0 Å². The summed E-state index contributed by atoms with van der Waals surface area (Å²) < 4.78 is 34.1. The average molecular weight is 1030 g/mol. The Balaban J connectivity index is 4.19. The van der Waals surface area contributed by atoms with Gasteiger partial charge in [-0.15, -0.1) is 0 Å². The Bertz CT molecular complexity index is 1450. The number of nitrogens with zero attached hydrogens (tertiary/aromatic N) is 1. The zero-order valence-corrected chi connectivity index (χ0v) is 48.3. The topological polar surface area (TPSA) is 111 Å². The van der Waals surface area contributed by atoms with Crippen LogP contribution in [0.1, 0.15) is 258 Å². The number of carbonyl (C=O) groups excluding carboxylic acids is 2. The van der Waals surface area contributed by atoms with Gasteiger partial charge in [-0.05, 0) is 64.2 Å². The number of likely N-dealkylation sites (N-methyl/N-ethyl adjacent to an activating group) is 1. The third-order valence-electron chi connectivity index (χ3n) is 12.7. The highest BCUT2D eigenvalue weighted by atomic mass is 31.2. The molecular formula is C62H112NO8P. The van der Waals surface area contributed by atoms with Crippen molar-refractivity contribution in [2.24, 2.45) is 0 Å². The van der Waals surface area contributed by atoms with Gasteiger partial charge in [0.25, 0.3) is 7.82 Å². The Morgan fingerprint density at radius 1 is 0.444 bits per heavy atom. The Morgan fingerprint density at radius 2 is 0.792 bits per heavy atom. The smallest absolute Gasteiger partial charge is 0.306 e. The molecule has 0 aliphatic carbocycles. The van der Waals surface area contributed by atoms with Crippen molar-refractivity contribution in [3.05, 3.63) is 72.9 Å². The predicted octanol–water partition coefficient (Wildman–Crippen LogP) is 17.8. The van der Waals surface area contributed by atoms with E-state index in [-0.39, 0.29) is 32.0 Å². The van der Waals surface area contributed by atoms with Gasteiger partial charge in [0, 0.05) is 12.8 Å². The number of allylic oxidation sites excluding steroid dienone is 12. The molecule has 0 saturated heterocycles. The first-order valence-corrected chi connectivity index (χ1v) is 31.1. The van der Waals surface area contributed by atoms with Crippen molar-refractivity contribution in [2.45, 2.75) is 264 Å². The van der Waals surface area contributed by atoms with Crippen LogP contribution in [0, 0.1) is 0 Å². The lowest BCUT2D eigenvalue weighted by Crippen LogP contribution is -2.37. The lowest BCUT2D eigenvalue weighted by molar-refractivity contribution is -0.870. The highest BCUT2D eigenvalue weighted by Crippen LogP contribution is 2.38. The number of hydrogen-bond donors (Lipinski definition) is 0. The van der Waals surface area contributed by atoms with Gasteiger partial charge in [-0.2, -0.15) is 0 Å². The minimum absolute atomic E-state index is 0.0383. The highest BCUT2D eigenvalue weighted by molar-refractivity contribution is 7.45. The third kappa shape index (κ3) is 56.7. The molecule has 0 radical (unpaired) electrons. The number of quaternary nitrogens is 1. The van der Waals surface area contributed by atoms with Crippen LogP contribution in [0.25, 0.3) is 0 Å². The SMILES string of the molecule is CC/C=C\C/C=C\C/C=C\C/C=C\C/C=C\C/C=C\CCCCCCC(=O)OC(COC(=O)CCCCCCCCCCCCCCCCCCCCCCCCCCC)COP(=O)([O-])OCC[N+](C)(C)C. The number of unbranched alkanes of at least 4 members (excludes halogenated alkanes) is 28. The minimum atomic E-state index is -4.65. The molecule has 0 aromatic rings. The summed E-state index contributed by atoms with van der Waals surface area (Å²) in [6.45, 7) is 4.12. The minimum Gasteiger partial charge on any atom is -0.756 e. The predicted molar refractivity (Wildman–Crippen MR) is 305 cm³/mol. The first kappa shape index (κ1) is 69.5. The summed E-state index contributed by atoms with van der Waals surface area (Å²) in [7, 11) is 1.15. The van der Waals surface area contributed by atoms with Gasteiger partial charge in [-0.1, -0.05) is 254 Å². The number of carbonyl (C=O) groups is 2. The number of phosphoric ester groups is 1. The fourth-order valence-electron chi connectivity index (χ4n) is 8.19. The lowest BCUT2D eigenvalue weighted by Gasteiger charge is -2.28. The van der Waals surface area contributed by atoms with Crippen LogP contribution in [-0.4, -0.2) is 70.0 Å². The van der Waals surface area contributed by atoms with E-state index in [1.54, 1.807) is 0 Å². The van der Waals surface area contributed by atoms with Crippen LogP contribution in [0.2, 0.25) is 0 Å². The van der Waals surface area contributed by atoms with Crippen molar-refractivity contribution in [1.29, 1.82) is 0 Å². The number of phosphoric acid groups is 1. The molecular weight excluding hydrogens is 918 g/mol. The molecule has 0 aromatic carbocycles. The summed E-state index contributed by atoms with van der Waals surface area (Å²) in [4.78, 5) is 37.9. The summed E-state index contributed by atoms with van der Waals surface area (Å²) >= 11 is 0. The molecule has 10 heteroatoms. The summed E-state index contributed by atoms with van der Waals surface area (Å²) in [6.07, 6.45) is 69.5. The Hall–Kier alpha value is -2.55. The molecule has 0 heterocycles. The largest absolute Gasteiger partial charge is 0.756 e. The fourth-order valence-corrected chi connectivity index (χ4v) is 8.92. The van der Waals surface area contributed by atoms with Gasteiger partial charge in [0.1, 0.15) is 19.8 Å². The zero-order chi connectivity index (χ0) is 52.7. The summed E-state index contributed by atoms with van der Waals surface area (Å²) in [6, 6.07) is 0. The Labute approximate surface area is 444 Å². The number of hydrogen-bond acceptors (Lipinski definition) is 8. The van der Waals surface area contributed by atoms with E-state index in [9.17, 15) is 19.0 Å². The second kappa shape index (κ2) is 53.3. The van der Waals surface area contributed by atoms with Gasteiger partial charge in [0.05, 0.1) is 27.7 Å². The first-order valence-electron chi connectivity index (χ1n) is 29.6. The Morgan fingerprint density at radius 3 is 1.18 bits per heavy atom. The summed E-state index contributed by atoms with van der Waals surface area (Å²) in [5.74, 6) is -0.856. The molecule has 0 aromatic heterocycles. The number of ether oxygens (including phenoxy) is 2. The van der Waals surface area contributed by atoms with E-state index in [4.69, 9.17) is 18.5 Å². The fraction of sp³-hybridized carbons (Fsp3) is 0.774. The van der Waals surface area contributed by atoms with E-state index >= 15 is 0 Å². The van der Waals surface area contributed by atoms with Gasteiger partial charge in [0.15, 0.2) is 6.10 Å². The third-order valence-corrected chi connectivity index (χ3v) is 13.7. The summed E-state index contributed by atoms with van der Waals surface area (Å²) in [5, 5.41) is 0. The zero-order valence-electron chi connectivity index (χ0n) is 47.4. The van der Waals surface area contributed by atoms with Crippen molar-refractivity contribution < 1.29 is 42.1 Å². The standard InChI is InChI=1S/C62H112NO8P/c1-6-8-10-12-14-16-18-20-22-24-26-28-30-31-33-34-36-38-40-42-44-46-48-50-52-54-61(64)68-58-60(59-70-72(66,67)69-57-56-63(3,4)5)71-62(65)55-53-51-49-47-45-43-41-39-37-35-32-29-27-25-23-21-19-17-15-13-11-9-7-2/h9,11,15,17,21,23,27,29,35,37,41,43,60H,6-8,10,12-14,16,18-20,22,24-26,28,30-34,36,38-40,42,44-59H2,1-5H3/b11-9-,17-15-,23-21-,29-27-,37-35-,43-41-. The van der Waals surface area contributed by atoms with Crippen LogP contribution < -0.4 is 4.89 Å². The molecule has 0 fully saturated rings. The van der Waals surface area contributed by atoms with Crippen LogP contribution in [0.5, 0.6) is 0 Å². The van der Waals surface area contributed by atoms with E-state index in [1.807, 2.05) is 21.1 Å². The molecule has 0 bridgehead atoms. The van der Waals surface area contributed by atoms with E-state index in [0.29, 0.717) is 17.4 Å². The second-order valence-electron chi connectivity index (χ2n) is 21.0.